The second-order valence-electron chi connectivity index (χ2n) is 4.42. The van der Waals surface area contributed by atoms with Gasteiger partial charge in [0.2, 0.25) is 0 Å². The summed E-state index contributed by atoms with van der Waals surface area (Å²) >= 11 is 6.36. The maximum Gasteiger partial charge on any atom is 0.311 e. The molecular weight excluding hydrogens is 202 g/mol. The van der Waals surface area contributed by atoms with Crippen LogP contribution in [0.4, 0.5) is 0 Å². The number of methoxy groups -OCH3 is 1. The first-order valence-corrected chi connectivity index (χ1v) is 5.25. The van der Waals surface area contributed by atoms with E-state index in [1.54, 1.807) is 0 Å². The molecule has 3 nitrogen and oxygen atoms in total. The highest BCUT2D eigenvalue weighted by Crippen LogP contribution is 2.55. The standard InChI is InChI=1S/C10H15ClO2.H3N/c1-13-8(12)9-2-5-10(11,6-3-9)7-4-9;/h2-7H2,1H3;1H3. The van der Waals surface area contributed by atoms with E-state index in [-0.39, 0.29) is 22.4 Å². The van der Waals surface area contributed by atoms with Gasteiger partial charge in [0.1, 0.15) is 0 Å². The molecule has 0 aromatic carbocycles. The fourth-order valence-corrected chi connectivity index (χ4v) is 2.95. The Hall–Kier alpha value is -0.280. The fourth-order valence-electron chi connectivity index (χ4n) is 2.66. The molecule has 0 saturated heterocycles. The number of hydrogen-bond donors (Lipinski definition) is 1. The summed E-state index contributed by atoms with van der Waals surface area (Å²) in [6.07, 6.45) is 5.69. The van der Waals surface area contributed by atoms with Crippen LogP contribution in [0.15, 0.2) is 0 Å². The first kappa shape index (κ1) is 11.8. The van der Waals surface area contributed by atoms with Gasteiger partial charge in [-0.25, -0.2) is 0 Å². The smallest absolute Gasteiger partial charge is 0.311 e. The van der Waals surface area contributed by atoms with Gasteiger partial charge in [-0.15, -0.1) is 11.6 Å². The van der Waals surface area contributed by atoms with E-state index in [0.29, 0.717) is 0 Å². The minimum absolute atomic E-state index is 0. The van der Waals surface area contributed by atoms with Crippen LogP contribution in [0.5, 0.6) is 0 Å². The van der Waals surface area contributed by atoms with Crippen molar-refractivity contribution in [3.8, 4) is 0 Å². The Morgan fingerprint density at radius 2 is 1.57 bits per heavy atom. The Kier molecular flexibility index (Phi) is 3.12. The van der Waals surface area contributed by atoms with Gasteiger partial charge >= 0.3 is 5.97 Å². The monoisotopic (exact) mass is 219 g/mol. The van der Waals surface area contributed by atoms with E-state index in [9.17, 15) is 4.79 Å². The summed E-state index contributed by atoms with van der Waals surface area (Å²) in [5.41, 5.74) is -0.175. The first-order valence-electron chi connectivity index (χ1n) is 4.88. The third-order valence-electron chi connectivity index (χ3n) is 3.77. The molecule has 0 amide bonds. The maximum absolute atomic E-state index is 11.6. The number of rotatable bonds is 1. The third kappa shape index (κ3) is 1.63. The highest BCUT2D eigenvalue weighted by atomic mass is 35.5. The number of alkyl halides is 1. The molecule has 3 aliphatic carbocycles. The lowest BCUT2D eigenvalue weighted by Gasteiger charge is -2.48. The van der Waals surface area contributed by atoms with Gasteiger partial charge in [-0.2, -0.15) is 0 Å². The van der Waals surface area contributed by atoms with Gasteiger partial charge in [-0.3, -0.25) is 4.79 Å². The fraction of sp³-hybridized carbons (Fsp3) is 0.900. The van der Waals surface area contributed by atoms with Gasteiger partial charge in [0.05, 0.1) is 12.5 Å². The molecule has 4 heteroatoms. The second-order valence-corrected chi connectivity index (χ2v) is 5.22. The average Bonchev–Trinajstić information content (AvgIpc) is 2.18. The third-order valence-corrected chi connectivity index (χ3v) is 4.34. The van der Waals surface area contributed by atoms with E-state index < -0.39 is 0 Å². The van der Waals surface area contributed by atoms with Crippen molar-refractivity contribution in [3.63, 3.8) is 0 Å². The Labute approximate surface area is 89.7 Å². The second kappa shape index (κ2) is 3.70. The molecular formula is C10H18ClNO2. The van der Waals surface area contributed by atoms with Crippen LogP contribution < -0.4 is 6.15 Å². The van der Waals surface area contributed by atoms with Crippen molar-refractivity contribution >= 4 is 17.6 Å². The van der Waals surface area contributed by atoms with E-state index in [0.717, 1.165) is 38.5 Å². The molecule has 3 saturated carbocycles. The summed E-state index contributed by atoms with van der Waals surface area (Å²) in [5.74, 6) is -0.0223. The maximum atomic E-state index is 11.6. The van der Waals surface area contributed by atoms with Crippen LogP contribution in [-0.4, -0.2) is 18.0 Å². The summed E-state index contributed by atoms with van der Waals surface area (Å²) in [6, 6.07) is 0. The molecule has 0 radical (unpaired) electrons. The lowest BCUT2D eigenvalue weighted by atomic mass is 9.60. The summed E-state index contributed by atoms with van der Waals surface area (Å²) in [4.78, 5) is 11.6. The van der Waals surface area contributed by atoms with Crippen molar-refractivity contribution in [2.75, 3.05) is 7.11 Å². The van der Waals surface area contributed by atoms with Crippen LogP contribution in [0.25, 0.3) is 0 Å². The molecule has 3 rings (SSSR count). The number of fused-ring (bicyclic) bond motifs is 3. The lowest BCUT2D eigenvalue weighted by Crippen LogP contribution is -2.47. The first-order chi connectivity index (χ1) is 6.10. The summed E-state index contributed by atoms with van der Waals surface area (Å²) < 4.78 is 4.86. The van der Waals surface area contributed by atoms with Gasteiger partial charge < -0.3 is 10.9 Å². The number of halogens is 1. The van der Waals surface area contributed by atoms with Crippen LogP contribution >= 0.6 is 11.6 Å². The van der Waals surface area contributed by atoms with Gasteiger partial charge in [-0.1, -0.05) is 0 Å². The zero-order chi connectivity index (χ0) is 9.53. The average molecular weight is 220 g/mol. The Morgan fingerprint density at radius 1 is 1.14 bits per heavy atom. The SMILES string of the molecule is COC(=O)C12CCC(Cl)(CC1)CC2.N. The molecule has 82 valence electrons. The van der Waals surface area contributed by atoms with Crippen LogP contribution in [0.2, 0.25) is 0 Å². The minimum Gasteiger partial charge on any atom is -0.469 e. The van der Waals surface area contributed by atoms with Crippen molar-refractivity contribution in [3.05, 3.63) is 0 Å². The molecule has 3 aliphatic rings. The zero-order valence-corrected chi connectivity index (χ0v) is 9.40. The molecule has 2 bridgehead atoms. The predicted octanol–water partition coefficient (Wildman–Crippen LogP) is 2.65. The van der Waals surface area contributed by atoms with Crippen LogP contribution in [0.1, 0.15) is 38.5 Å². The highest BCUT2D eigenvalue weighted by molar-refractivity contribution is 6.24. The van der Waals surface area contributed by atoms with E-state index in [1.165, 1.54) is 7.11 Å². The molecule has 14 heavy (non-hydrogen) atoms. The minimum atomic E-state index is -0.175. The quantitative estimate of drug-likeness (QED) is 0.545. The molecule has 0 heterocycles. The van der Waals surface area contributed by atoms with Crippen molar-refractivity contribution in [1.29, 1.82) is 0 Å². The number of carbonyl (C=O) groups excluding carboxylic acids is 1. The van der Waals surface area contributed by atoms with Crippen molar-refractivity contribution < 1.29 is 9.53 Å². The van der Waals surface area contributed by atoms with Crippen LogP contribution in [0, 0.1) is 5.41 Å². The Balaban J connectivity index is 0.000000980. The normalized spacial score (nSPS) is 40.1. The zero-order valence-electron chi connectivity index (χ0n) is 8.64. The Bertz CT molecular complexity index is 218. The summed E-state index contributed by atoms with van der Waals surface area (Å²) in [7, 11) is 1.48. The molecule has 0 aliphatic heterocycles. The topological polar surface area (TPSA) is 61.3 Å². The number of esters is 1. The summed E-state index contributed by atoms with van der Waals surface area (Å²) in [6.45, 7) is 0. The van der Waals surface area contributed by atoms with E-state index >= 15 is 0 Å². The summed E-state index contributed by atoms with van der Waals surface area (Å²) in [5, 5.41) is 0. The predicted molar refractivity (Wildman–Crippen MR) is 55.8 cm³/mol. The molecule has 0 aromatic rings. The molecule has 0 aromatic heterocycles. The van der Waals surface area contributed by atoms with Crippen LogP contribution in [0.3, 0.4) is 0 Å². The van der Waals surface area contributed by atoms with Gasteiger partial charge in [-0.05, 0) is 38.5 Å². The molecule has 3 fully saturated rings. The number of ether oxygens (including phenoxy) is 1. The van der Waals surface area contributed by atoms with E-state index in [1.807, 2.05) is 0 Å². The van der Waals surface area contributed by atoms with Gasteiger partial charge in [0.25, 0.3) is 0 Å². The van der Waals surface area contributed by atoms with Crippen molar-refractivity contribution in [2.24, 2.45) is 5.41 Å². The lowest BCUT2D eigenvalue weighted by molar-refractivity contribution is -0.158. The van der Waals surface area contributed by atoms with Crippen molar-refractivity contribution in [2.45, 2.75) is 43.4 Å². The molecule has 0 unspecified atom stereocenters. The number of carbonyl (C=O) groups is 1. The number of hydrogen-bond acceptors (Lipinski definition) is 3. The van der Waals surface area contributed by atoms with Crippen LogP contribution in [-0.2, 0) is 9.53 Å². The van der Waals surface area contributed by atoms with Gasteiger partial charge in [0, 0.05) is 4.87 Å². The Morgan fingerprint density at radius 3 is 1.93 bits per heavy atom. The van der Waals surface area contributed by atoms with Crippen molar-refractivity contribution in [1.82, 2.24) is 6.15 Å². The van der Waals surface area contributed by atoms with E-state index in [2.05, 4.69) is 0 Å². The van der Waals surface area contributed by atoms with Gasteiger partial charge in [0.15, 0.2) is 0 Å². The molecule has 0 spiro atoms. The van der Waals surface area contributed by atoms with E-state index in [4.69, 9.17) is 16.3 Å². The highest BCUT2D eigenvalue weighted by Gasteiger charge is 2.52. The molecule has 0 atom stereocenters. The molecule has 3 N–H and O–H groups in total. The largest absolute Gasteiger partial charge is 0.469 e.